The number of aromatic nitrogens is 1. The van der Waals surface area contributed by atoms with Crippen molar-refractivity contribution in [1.29, 1.82) is 0 Å². The monoisotopic (exact) mass is 269 g/mol. The molecule has 2 aromatic carbocycles. The normalized spacial score (nSPS) is 11.9. The van der Waals surface area contributed by atoms with E-state index in [1.54, 1.807) is 13.8 Å². The zero-order chi connectivity index (χ0) is 13.5. The second-order valence-electron chi connectivity index (χ2n) is 5.12. The fourth-order valence-corrected chi connectivity index (χ4v) is 2.97. The van der Waals surface area contributed by atoms with Gasteiger partial charge in [0.1, 0.15) is 10.6 Å². The third-order valence-corrected chi connectivity index (χ3v) is 4.25. The zero-order valence-electron chi connectivity index (χ0n) is 10.9. The summed E-state index contributed by atoms with van der Waals surface area (Å²) in [6.45, 7) is 3.53. The van der Waals surface area contributed by atoms with Crippen LogP contribution in [0.15, 0.2) is 47.8 Å². The molecule has 3 rings (SSSR count). The first kappa shape index (κ1) is 12.3. The van der Waals surface area contributed by atoms with Gasteiger partial charge in [-0.2, -0.15) is 0 Å². The van der Waals surface area contributed by atoms with E-state index < -0.39 is 5.60 Å². The van der Waals surface area contributed by atoms with Crippen molar-refractivity contribution in [2.45, 2.75) is 19.4 Å². The summed E-state index contributed by atoms with van der Waals surface area (Å²) in [7, 11) is 0. The Morgan fingerprint density at radius 1 is 1.05 bits per heavy atom. The molecular weight excluding hydrogens is 254 g/mol. The number of hydrogen-bond acceptors (Lipinski definition) is 3. The molecule has 0 aliphatic carbocycles. The summed E-state index contributed by atoms with van der Waals surface area (Å²) in [4.78, 5) is 4.57. The quantitative estimate of drug-likeness (QED) is 0.756. The largest absolute Gasteiger partial charge is 0.383 e. The molecule has 0 spiro atoms. The Balaban J connectivity index is 2.17. The maximum Gasteiger partial charge on any atom is 0.124 e. The zero-order valence-corrected chi connectivity index (χ0v) is 11.7. The van der Waals surface area contributed by atoms with E-state index in [-0.39, 0.29) is 0 Å². The van der Waals surface area contributed by atoms with E-state index in [2.05, 4.69) is 29.2 Å². The first-order valence-electron chi connectivity index (χ1n) is 6.22. The van der Waals surface area contributed by atoms with E-state index in [4.69, 9.17) is 0 Å². The molecule has 0 saturated heterocycles. The van der Waals surface area contributed by atoms with E-state index in [0.29, 0.717) is 0 Å². The van der Waals surface area contributed by atoms with Gasteiger partial charge in [0.05, 0.1) is 5.69 Å². The van der Waals surface area contributed by atoms with Gasteiger partial charge < -0.3 is 5.11 Å². The summed E-state index contributed by atoms with van der Waals surface area (Å²) in [6, 6.07) is 14.5. The Morgan fingerprint density at radius 3 is 2.53 bits per heavy atom. The Kier molecular flexibility index (Phi) is 2.88. The fraction of sp³-hybridized carbons (Fsp3) is 0.188. The SMILES string of the molecule is CC(C)(O)c1nc(-c2cccc3ccccc23)cs1. The van der Waals surface area contributed by atoms with Gasteiger partial charge in [0.15, 0.2) is 0 Å². The number of benzene rings is 2. The van der Waals surface area contributed by atoms with Crippen molar-refractivity contribution < 1.29 is 5.11 Å². The molecule has 0 saturated carbocycles. The van der Waals surface area contributed by atoms with E-state index in [0.717, 1.165) is 16.3 Å². The van der Waals surface area contributed by atoms with Crippen LogP contribution in [0.25, 0.3) is 22.0 Å². The van der Waals surface area contributed by atoms with E-state index >= 15 is 0 Å². The summed E-state index contributed by atoms with van der Waals surface area (Å²) >= 11 is 1.50. The maximum absolute atomic E-state index is 10.0. The molecule has 1 aromatic heterocycles. The van der Waals surface area contributed by atoms with Gasteiger partial charge in [-0.05, 0) is 24.6 Å². The van der Waals surface area contributed by atoms with Crippen molar-refractivity contribution in [2.24, 2.45) is 0 Å². The Hall–Kier alpha value is -1.71. The van der Waals surface area contributed by atoms with Crippen molar-refractivity contribution in [3.05, 3.63) is 52.9 Å². The Morgan fingerprint density at radius 2 is 1.79 bits per heavy atom. The number of hydrogen-bond donors (Lipinski definition) is 1. The van der Waals surface area contributed by atoms with Crippen LogP contribution in [0.4, 0.5) is 0 Å². The van der Waals surface area contributed by atoms with Gasteiger partial charge in [-0.3, -0.25) is 0 Å². The van der Waals surface area contributed by atoms with Gasteiger partial charge in [-0.1, -0.05) is 42.5 Å². The van der Waals surface area contributed by atoms with Crippen LogP contribution < -0.4 is 0 Å². The van der Waals surface area contributed by atoms with E-state index in [1.807, 2.05) is 23.6 Å². The Labute approximate surface area is 116 Å². The first-order valence-corrected chi connectivity index (χ1v) is 7.10. The maximum atomic E-state index is 10.0. The molecule has 96 valence electrons. The van der Waals surface area contributed by atoms with Gasteiger partial charge in [0, 0.05) is 10.9 Å². The number of rotatable bonds is 2. The summed E-state index contributed by atoms with van der Waals surface area (Å²) in [5.74, 6) is 0. The van der Waals surface area contributed by atoms with Gasteiger partial charge >= 0.3 is 0 Å². The molecule has 3 heteroatoms. The van der Waals surface area contributed by atoms with Crippen LogP contribution in [0.5, 0.6) is 0 Å². The first-order chi connectivity index (χ1) is 9.05. The van der Waals surface area contributed by atoms with Crippen LogP contribution in [0.1, 0.15) is 18.9 Å². The molecule has 3 aromatic rings. The van der Waals surface area contributed by atoms with E-state index in [9.17, 15) is 5.11 Å². The fourth-order valence-electron chi connectivity index (χ4n) is 2.13. The average molecular weight is 269 g/mol. The highest BCUT2D eigenvalue weighted by Crippen LogP contribution is 2.32. The molecular formula is C16H15NOS. The molecule has 0 bridgehead atoms. The summed E-state index contributed by atoms with van der Waals surface area (Å²) < 4.78 is 0. The highest BCUT2D eigenvalue weighted by atomic mass is 32.1. The number of thiazole rings is 1. The summed E-state index contributed by atoms with van der Waals surface area (Å²) in [5, 5.41) is 15.2. The van der Waals surface area contributed by atoms with Gasteiger partial charge in [-0.25, -0.2) is 4.98 Å². The lowest BCUT2D eigenvalue weighted by molar-refractivity contribution is 0.0783. The molecule has 0 aliphatic heterocycles. The lowest BCUT2D eigenvalue weighted by atomic mass is 10.0. The lowest BCUT2D eigenvalue weighted by Gasteiger charge is -2.12. The van der Waals surface area contributed by atoms with Crippen molar-refractivity contribution in [3.63, 3.8) is 0 Å². The van der Waals surface area contributed by atoms with Crippen LogP contribution in [0.2, 0.25) is 0 Å². The van der Waals surface area contributed by atoms with Gasteiger partial charge in [0.25, 0.3) is 0 Å². The molecule has 0 atom stereocenters. The van der Waals surface area contributed by atoms with Crippen LogP contribution in [0.3, 0.4) is 0 Å². The number of nitrogens with zero attached hydrogens (tertiary/aromatic N) is 1. The molecule has 1 heterocycles. The minimum absolute atomic E-state index is 0.746. The van der Waals surface area contributed by atoms with Crippen LogP contribution in [0, 0.1) is 0 Å². The molecule has 2 nitrogen and oxygen atoms in total. The predicted molar refractivity (Wildman–Crippen MR) is 80.3 cm³/mol. The molecule has 0 radical (unpaired) electrons. The van der Waals surface area contributed by atoms with Gasteiger partial charge in [-0.15, -0.1) is 11.3 Å². The third-order valence-electron chi connectivity index (χ3n) is 3.09. The third kappa shape index (κ3) is 2.27. The molecule has 0 fully saturated rings. The molecule has 0 amide bonds. The van der Waals surface area contributed by atoms with Gasteiger partial charge in [0.2, 0.25) is 0 Å². The van der Waals surface area contributed by atoms with Crippen molar-refractivity contribution >= 4 is 22.1 Å². The highest BCUT2D eigenvalue weighted by molar-refractivity contribution is 7.10. The average Bonchev–Trinajstić information content (AvgIpc) is 2.87. The molecule has 19 heavy (non-hydrogen) atoms. The topological polar surface area (TPSA) is 33.1 Å². The molecule has 0 unspecified atom stereocenters. The molecule has 1 N–H and O–H groups in total. The second-order valence-corrected chi connectivity index (χ2v) is 5.98. The van der Waals surface area contributed by atoms with Crippen molar-refractivity contribution in [3.8, 4) is 11.3 Å². The highest BCUT2D eigenvalue weighted by Gasteiger charge is 2.20. The lowest BCUT2D eigenvalue weighted by Crippen LogP contribution is -2.14. The minimum atomic E-state index is -0.881. The minimum Gasteiger partial charge on any atom is -0.383 e. The summed E-state index contributed by atoms with van der Waals surface area (Å²) in [5.41, 5.74) is 1.16. The smallest absolute Gasteiger partial charge is 0.124 e. The molecule has 0 aliphatic rings. The number of aliphatic hydroxyl groups is 1. The number of fused-ring (bicyclic) bond motifs is 1. The van der Waals surface area contributed by atoms with Crippen LogP contribution in [-0.2, 0) is 5.60 Å². The Bertz CT molecular complexity index is 719. The van der Waals surface area contributed by atoms with Crippen molar-refractivity contribution in [1.82, 2.24) is 4.98 Å². The van der Waals surface area contributed by atoms with Crippen LogP contribution in [-0.4, -0.2) is 10.1 Å². The van der Waals surface area contributed by atoms with Crippen molar-refractivity contribution in [2.75, 3.05) is 0 Å². The second kappa shape index (κ2) is 4.44. The predicted octanol–water partition coefficient (Wildman–Crippen LogP) is 4.19. The van der Waals surface area contributed by atoms with Crippen LogP contribution >= 0.6 is 11.3 Å². The van der Waals surface area contributed by atoms with E-state index in [1.165, 1.54) is 22.1 Å². The summed E-state index contributed by atoms with van der Waals surface area (Å²) in [6.07, 6.45) is 0. The standard InChI is InChI=1S/C16H15NOS/c1-16(2,18)15-17-14(10-19-15)13-9-5-7-11-6-3-4-8-12(11)13/h3-10,18H,1-2H3.